The Morgan fingerprint density at radius 3 is 2.41 bits per heavy atom. The average Bonchev–Trinajstić information content (AvgIpc) is 2.48. The lowest BCUT2D eigenvalue weighted by Gasteiger charge is -2.12. The second kappa shape index (κ2) is 5.59. The molecular weight excluding hydrogens is 370 g/mol. The molecule has 1 aromatic heterocycles. The van der Waals surface area contributed by atoms with Gasteiger partial charge < -0.3 is 5.11 Å². The molecule has 110 valence electrons. The Bertz CT molecular complexity index is 948. The molecule has 0 aliphatic heterocycles. The number of halogens is 2. The molecule has 0 atom stereocenters. The number of carboxylic acids is 1. The van der Waals surface area contributed by atoms with E-state index < -0.39 is 11.5 Å². The van der Waals surface area contributed by atoms with Crippen LogP contribution in [-0.4, -0.2) is 15.6 Å². The van der Waals surface area contributed by atoms with E-state index in [4.69, 9.17) is 11.6 Å². The lowest BCUT2D eigenvalue weighted by atomic mass is 10.1. The number of hydrogen-bond acceptors (Lipinski definition) is 2. The summed E-state index contributed by atoms with van der Waals surface area (Å²) in [5.74, 6) is -1.25. The first-order valence-electron chi connectivity index (χ1n) is 6.32. The van der Waals surface area contributed by atoms with E-state index in [2.05, 4.69) is 15.9 Å². The van der Waals surface area contributed by atoms with Crippen molar-refractivity contribution >= 4 is 44.4 Å². The van der Waals surface area contributed by atoms with E-state index in [0.29, 0.717) is 21.6 Å². The highest BCUT2D eigenvalue weighted by Crippen LogP contribution is 2.23. The maximum absolute atomic E-state index is 12.6. The van der Waals surface area contributed by atoms with Crippen LogP contribution in [0.2, 0.25) is 5.02 Å². The lowest BCUT2D eigenvalue weighted by molar-refractivity contribution is 0.0695. The third-order valence-electron chi connectivity index (χ3n) is 3.28. The van der Waals surface area contributed by atoms with Gasteiger partial charge in [0.15, 0.2) is 0 Å². The SMILES string of the molecule is O=C(O)c1cc2ccc(Br)cc2n(-c2ccc(Cl)cc2)c1=O. The smallest absolute Gasteiger partial charge is 0.341 e. The predicted molar refractivity (Wildman–Crippen MR) is 89.2 cm³/mol. The van der Waals surface area contributed by atoms with Crippen molar-refractivity contribution in [3.05, 3.63) is 73.9 Å². The Morgan fingerprint density at radius 1 is 1.09 bits per heavy atom. The Hall–Kier alpha value is -2.11. The number of nitrogens with zero attached hydrogens (tertiary/aromatic N) is 1. The van der Waals surface area contributed by atoms with Gasteiger partial charge in [0.1, 0.15) is 5.56 Å². The lowest BCUT2D eigenvalue weighted by Crippen LogP contribution is -2.25. The van der Waals surface area contributed by atoms with Gasteiger partial charge in [-0.3, -0.25) is 9.36 Å². The minimum absolute atomic E-state index is 0.273. The third kappa shape index (κ3) is 2.53. The molecule has 0 saturated carbocycles. The van der Waals surface area contributed by atoms with E-state index in [0.717, 1.165) is 4.47 Å². The van der Waals surface area contributed by atoms with E-state index in [-0.39, 0.29) is 5.56 Å². The minimum Gasteiger partial charge on any atom is -0.477 e. The number of aromatic carboxylic acids is 1. The van der Waals surface area contributed by atoms with Crippen molar-refractivity contribution in [1.82, 2.24) is 4.57 Å². The molecule has 0 radical (unpaired) electrons. The molecular formula is C16H9BrClNO3. The van der Waals surface area contributed by atoms with Crippen LogP contribution in [0.1, 0.15) is 10.4 Å². The Kier molecular flexibility index (Phi) is 3.76. The van der Waals surface area contributed by atoms with Crippen LogP contribution in [0.5, 0.6) is 0 Å². The number of carbonyl (C=O) groups is 1. The summed E-state index contributed by atoms with van der Waals surface area (Å²) in [6.07, 6.45) is 0. The average molecular weight is 379 g/mol. The van der Waals surface area contributed by atoms with Crippen molar-refractivity contribution in [3.63, 3.8) is 0 Å². The van der Waals surface area contributed by atoms with Gasteiger partial charge in [0.05, 0.1) is 5.52 Å². The highest BCUT2D eigenvalue weighted by atomic mass is 79.9. The van der Waals surface area contributed by atoms with Crippen LogP contribution in [-0.2, 0) is 0 Å². The Morgan fingerprint density at radius 2 is 1.77 bits per heavy atom. The molecule has 2 aromatic carbocycles. The van der Waals surface area contributed by atoms with Gasteiger partial charge in [-0.15, -0.1) is 0 Å². The Balaban J connectivity index is 2.46. The molecule has 3 aromatic rings. The summed E-state index contributed by atoms with van der Waals surface area (Å²) >= 11 is 9.25. The fourth-order valence-corrected chi connectivity index (χ4v) is 2.75. The van der Waals surface area contributed by atoms with Gasteiger partial charge in [-0.1, -0.05) is 33.6 Å². The van der Waals surface area contributed by atoms with Gasteiger partial charge in [0, 0.05) is 15.2 Å². The van der Waals surface area contributed by atoms with E-state index in [9.17, 15) is 14.7 Å². The summed E-state index contributed by atoms with van der Waals surface area (Å²) < 4.78 is 2.17. The van der Waals surface area contributed by atoms with E-state index in [1.807, 2.05) is 0 Å². The molecule has 0 spiro atoms. The monoisotopic (exact) mass is 377 g/mol. The fraction of sp³-hybridized carbons (Fsp3) is 0. The summed E-state index contributed by atoms with van der Waals surface area (Å²) in [6, 6.07) is 13.4. The van der Waals surface area contributed by atoms with E-state index >= 15 is 0 Å². The van der Waals surface area contributed by atoms with Gasteiger partial charge in [-0.2, -0.15) is 0 Å². The summed E-state index contributed by atoms with van der Waals surface area (Å²) in [5, 5.41) is 10.5. The van der Waals surface area contributed by atoms with Crippen LogP contribution in [0.15, 0.2) is 57.8 Å². The molecule has 22 heavy (non-hydrogen) atoms. The van der Waals surface area contributed by atoms with E-state index in [1.54, 1.807) is 42.5 Å². The van der Waals surface area contributed by atoms with Crippen LogP contribution in [0, 0.1) is 0 Å². The first-order chi connectivity index (χ1) is 10.5. The van der Waals surface area contributed by atoms with E-state index in [1.165, 1.54) is 10.6 Å². The first-order valence-corrected chi connectivity index (χ1v) is 7.49. The molecule has 1 N–H and O–H groups in total. The number of fused-ring (bicyclic) bond motifs is 1. The summed E-state index contributed by atoms with van der Waals surface area (Å²) in [7, 11) is 0. The van der Waals surface area contributed by atoms with Crippen LogP contribution in [0.4, 0.5) is 0 Å². The molecule has 0 unspecified atom stereocenters. The highest BCUT2D eigenvalue weighted by molar-refractivity contribution is 9.10. The zero-order valence-electron chi connectivity index (χ0n) is 11.1. The van der Waals surface area contributed by atoms with Crippen LogP contribution in [0.25, 0.3) is 16.6 Å². The second-order valence-electron chi connectivity index (χ2n) is 4.68. The Labute approximate surface area is 138 Å². The largest absolute Gasteiger partial charge is 0.477 e. The summed E-state index contributed by atoms with van der Waals surface area (Å²) in [6.45, 7) is 0. The molecule has 0 saturated heterocycles. The van der Waals surface area contributed by atoms with Gasteiger partial charge in [0.25, 0.3) is 5.56 Å². The number of pyridine rings is 1. The van der Waals surface area contributed by atoms with Gasteiger partial charge in [-0.05, 0) is 47.9 Å². The quantitative estimate of drug-likeness (QED) is 0.730. The number of benzene rings is 2. The van der Waals surface area contributed by atoms with Gasteiger partial charge in [0.2, 0.25) is 0 Å². The number of hydrogen-bond donors (Lipinski definition) is 1. The fourth-order valence-electron chi connectivity index (χ4n) is 2.28. The number of carboxylic acid groups (broad SMARTS) is 1. The third-order valence-corrected chi connectivity index (χ3v) is 4.03. The van der Waals surface area contributed by atoms with Crippen molar-refractivity contribution in [2.75, 3.05) is 0 Å². The van der Waals surface area contributed by atoms with Crippen molar-refractivity contribution in [2.45, 2.75) is 0 Å². The van der Waals surface area contributed by atoms with Gasteiger partial charge in [-0.25, -0.2) is 4.79 Å². The molecule has 3 rings (SSSR count). The zero-order chi connectivity index (χ0) is 15.9. The first kappa shape index (κ1) is 14.8. The predicted octanol–water partition coefficient (Wildman–Crippen LogP) is 4.10. The second-order valence-corrected chi connectivity index (χ2v) is 6.04. The minimum atomic E-state index is -1.25. The zero-order valence-corrected chi connectivity index (χ0v) is 13.4. The topological polar surface area (TPSA) is 59.3 Å². The maximum Gasteiger partial charge on any atom is 0.341 e. The standard InChI is InChI=1S/C16H9BrClNO3/c17-10-2-1-9-7-13(16(21)22)15(20)19(14(9)8-10)12-5-3-11(18)4-6-12/h1-8H,(H,21,22). The molecule has 0 aliphatic carbocycles. The van der Waals surface area contributed by atoms with Crippen LogP contribution < -0.4 is 5.56 Å². The molecule has 4 nitrogen and oxygen atoms in total. The molecule has 0 fully saturated rings. The van der Waals surface area contributed by atoms with Gasteiger partial charge >= 0.3 is 5.97 Å². The molecule has 1 heterocycles. The van der Waals surface area contributed by atoms with Crippen molar-refractivity contribution in [1.29, 1.82) is 0 Å². The van der Waals surface area contributed by atoms with Crippen LogP contribution in [0.3, 0.4) is 0 Å². The molecule has 0 aliphatic rings. The van der Waals surface area contributed by atoms with Crippen molar-refractivity contribution in [2.24, 2.45) is 0 Å². The maximum atomic E-state index is 12.6. The molecule has 0 amide bonds. The normalized spacial score (nSPS) is 10.8. The van der Waals surface area contributed by atoms with Crippen molar-refractivity contribution in [3.8, 4) is 5.69 Å². The molecule has 6 heteroatoms. The molecule has 0 bridgehead atoms. The number of aromatic nitrogens is 1. The van der Waals surface area contributed by atoms with Crippen molar-refractivity contribution < 1.29 is 9.90 Å². The highest BCUT2D eigenvalue weighted by Gasteiger charge is 2.16. The summed E-state index contributed by atoms with van der Waals surface area (Å²) in [5.41, 5.74) is 0.317. The number of rotatable bonds is 2. The van der Waals surface area contributed by atoms with Crippen LogP contribution >= 0.6 is 27.5 Å². The summed E-state index contributed by atoms with van der Waals surface area (Å²) in [4.78, 5) is 23.9.